The maximum atomic E-state index is 11.3. The minimum absolute atomic E-state index is 0.594. The van der Waals surface area contributed by atoms with Crippen LogP contribution in [0, 0.1) is 0 Å². The Bertz CT molecular complexity index is 522. The number of alkyl halides is 1. The molecule has 0 aromatic heterocycles. The molecule has 158 valence electrons. The Morgan fingerprint density at radius 2 is 1.63 bits per heavy atom. The van der Waals surface area contributed by atoms with Gasteiger partial charge in [0.1, 0.15) is 42.7 Å². The van der Waals surface area contributed by atoms with Gasteiger partial charge in [0.2, 0.25) is 6.29 Å². The van der Waals surface area contributed by atoms with Crippen molar-refractivity contribution in [3.05, 3.63) is 0 Å². The summed E-state index contributed by atoms with van der Waals surface area (Å²) >= 11 is 6.11. The van der Waals surface area contributed by atoms with Gasteiger partial charge in [-0.25, -0.2) is 0 Å². The van der Waals surface area contributed by atoms with Crippen LogP contribution in [-0.2, 0) is 23.7 Å². The normalized spacial score (nSPS) is 48.3. The molecule has 0 radical (unpaired) electrons. The number of aliphatic hydroxyl groups excluding tert-OH is 7. The molecule has 0 aromatic carbocycles. The van der Waals surface area contributed by atoms with Gasteiger partial charge < -0.3 is 54.7 Å². The number of rotatable bonds is 5. The summed E-state index contributed by atoms with van der Waals surface area (Å²) < 4.78 is 20.3. The molecule has 2 fully saturated rings. The minimum Gasteiger partial charge on any atom is -0.435 e. The van der Waals surface area contributed by atoms with Crippen LogP contribution in [0.1, 0.15) is 6.92 Å². The van der Waals surface area contributed by atoms with E-state index in [9.17, 15) is 40.5 Å². The molecule has 2 aliphatic heterocycles. The summed E-state index contributed by atoms with van der Waals surface area (Å²) in [6.07, 6.45) is -15.0. The predicted molar refractivity (Wildman–Crippen MR) is 83.0 cm³/mol. The summed E-state index contributed by atoms with van der Waals surface area (Å²) in [5.41, 5.74) is 0. The van der Waals surface area contributed by atoms with Crippen LogP contribution in [0.5, 0.6) is 0 Å². The average molecular weight is 419 g/mol. The topological polar surface area (TPSA) is 196 Å². The highest BCUT2D eigenvalue weighted by atomic mass is 35.5. The molecule has 2 heterocycles. The highest BCUT2D eigenvalue weighted by Crippen LogP contribution is 2.38. The standard InChI is InChI=1S/C14H23ClO12/c1-4(17)27-14(15)11(22)8(19)5(2-16)26-13(14)24-3-6-7(18)9(20)10(21)12(23)25-6/h5-13,16,18-23H,2-3H2,1H3/t5-,6-,7-,8-,9+,10-,11+,12-,13-,14-/m1/s1. The molecule has 0 spiro atoms. The number of carbonyl (C=O) groups is 1. The zero-order chi connectivity index (χ0) is 20.5. The van der Waals surface area contributed by atoms with Crippen LogP contribution in [0.25, 0.3) is 0 Å². The largest absolute Gasteiger partial charge is 0.435 e. The molecule has 7 N–H and O–H groups in total. The molecule has 0 unspecified atom stereocenters. The average Bonchev–Trinajstić information content (AvgIpc) is 2.61. The lowest BCUT2D eigenvalue weighted by Crippen LogP contribution is -2.66. The molecule has 0 aromatic rings. The zero-order valence-corrected chi connectivity index (χ0v) is 14.9. The van der Waals surface area contributed by atoms with Crippen LogP contribution < -0.4 is 0 Å². The summed E-state index contributed by atoms with van der Waals surface area (Å²) in [7, 11) is 0. The van der Waals surface area contributed by atoms with Gasteiger partial charge in [0.15, 0.2) is 6.29 Å². The lowest BCUT2D eigenvalue weighted by molar-refractivity contribution is -0.336. The van der Waals surface area contributed by atoms with Crippen molar-refractivity contribution in [3.63, 3.8) is 0 Å². The molecular formula is C14H23ClO12. The molecule has 0 bridgehead atoms. The van der Waals surface area contributed by atoms with E-state index >= 15 is 0 Å². The Morgan fingerprint density at radius 1 is 1.00 bits per heavy atom. The number of hydrogen-bond acceptors (Lipinski definition) is 12. The fraction of sp³-hybridized carbons (Fsp3) is 0.929. The van der Waals surface area contributed by atoms with Crippen LogP contribution in [0.15, 0.2) is 0 Å². The Balaban J connectivity index is 2.14. The van der Waals surface area contributed by atoms with Crippen LogP contribution in [0.3, 0.4) is 0 Å². The van der Waals surface area contributed by atoms with E-state index in [2.05, 4.69) is 0 Å². The van der Waals surface area contributed by atoms with E-state index in [0.717, 1.165) is 6.92 Å². The third-order valence-corrected chi connectivity index (χ3v) is 4.79. The fourth-order valence-electron chi connectivity index (χ4n) is 2.79. The van der Waals surface area contributed by atoms with Crippen molar-refractivity contribution in [1.82, 2.24) is 0 Å². The maximum Gasteiger partial charge on any atom is 0.304 e. The summed E-state index contributed by atoms with van der Waals surface area (Å²) in [5, 5.41) is 65.5. The van der Waals surface area contributed by atoms with Gasteiger partial charge in [-0.05, 0) is 0 Å². The second-order valence-corrected chi connectivity index (χ2v) is 6.88. The van der Waals surface area contributed by atoms with Gasteiger partial charge in [0.25, 0.3) is 5.06 Å². The molecule has 2 aliphatic rings. The molecule has 27 heavy (non-hydrogen) atoms. The van der Waals surface area contributed by atoms with E-state index < -0.39 is 79.6 Å². The van der Waals surface area contributed by atoms with Crippen LogP contribution in [0.4, 0.5) is 0 Å². The molecule has 2 rings (SSSR count). The smallest absolute Gasteiger partial charge is 0.304 e. The number of esters is 1. The number of hydrogen-bond donors (Lipinski definition) is 7. The Labute approximate surface area is 158 Å². The van der Waals surface area contributed by atoms with Crippen molar-refractivity contribution in [3.8, 4) is 0 Å². The number of ether oxygens (including phenoxy) is 4. The first-order valence-corrected chi connectivity index (χ1v) is 8.41. The SMILES string of the molecule is CC(=O)O[C@@]1(Cl)[C@H](OC[C@H]2O[C@@H](O)[C@H](O)[C@@H](O)[C@@H]2O)O[C@H](CO)[C@@H](O)[C@@H]1O. The second kappa shape index (κ2) is 8.80. The van der Waals surface area contributed by atoms with E-state index in [1.807, 2.05) is 0 Å². The van der Waals surface area contributed by atoms with Gasteiger partial charge in [0.05, 0.1) is 13.2 Å². The lowest BCUT2D eigenvalue weighted by atomic mass is 9.98. The summed E-state index contributed by atoms with van der Waals surface area (Å²) in [5.74, 6) is -0.932. The maximum absolute atomic E-state index is 11.3. The quantitative estimate of drug-likeness (QED) is 0.168. The molecule has 0 amide bonds. The molecule has 12 nitrogen and oxygen atoms in total. The van der Waals surface area contributed by atoms with Gasteiger partial charge in [-0.15, -0.1) is 0 Å². The van der Waals surface area contributed by atoms with Crippen LogP contribution in [0.2, 0.25) is 0 Å². The van der Waals surface area contributed by atoms with Crippen molar-refractivity contribution < 1.29 is 59.5 Å². The minimum atomic E-state index is -2.40. The first-order chi connectivity index (χ1) is 12.5. The first-order valence-electron chi connectivity index (χ1n) is 8.03. The summed E-state index contributed by atoms with van der Waals surface area (Å²) in [6.45, 7) is -0.332. The van der Waals surface area contributed by atoms with Gasteiger partial charge in [-0.1, -0.05) is 11.6 Å². The molecule has 0 saturated carbocycles. The Kier molecular flexibility index (Phi) is 7.38. The van der Waals surface area contributed by atoms with Gasteiger partial charge in [0, 0.05) is 6.92 Å². The van der Waals surface area contributed by atoms with E-state index in [4.69, 9.17) is 30.5 Å². The fourth-order valence-corrected chi connectivity index (χ4v) is 3.14. The molecule has 13 heteroatoms. The number of aliphatic hydroxyl groups is 7. The number of carbonyl (C=O) groups excluding carboxylic acids is 1. The van der Waals surface area contributed by atoms with Crippen molar-refractivity contribution in [2.24, 2.45) is 0 Å². The Hall–Kier alpha value is -0.640. The predicted octanol–water partition coefficient (Wildman–Crippen LogP) is -4.26. The zero-order valence-electron chi connectivity index (χ0n) is 14.2. The first kappa shape index (κ1) is 22.6. The summed E-state index contributed by atoms with van der Waals surface area (Å²) in [6, 6.07) is 0. The van der Waals surface area contributed by atoms with Crippen LogP contribution in [-0.4, -0.2) is 115 Å². The van der Waals surface area contributed by atoms with Crippen molar-refractivity contribution in [2.45, 2.75) is 67.3 Å². The molecule has 0 aliphatic carbocycles. The van der Waals surface area contributed by atoms with Gasteiger partial charge >= 0.3 is 5.97 Å². The highest BCUT2D eigenvalue weighted by molar-refractivity contribution is 6.24. The van der Waals surface area contributed by atoms with Crippen molar-refractivity contribution >= 4 is 17.6 Å². The lowest BCUT2D eigenvalue weighted by Gasteiger charge is -2.46. The summed E-state index contributed by atoms with van der Waals surface area (Å²) in [4.78, 5) is 11.3. The Morgan fingerprint density at radius 3 is 2.19 bits per heavy atom. The second-order valence-electron chi connectivity index (χ2n) is 6.29. The van der Waals surface area contributed by atoms with E-state index in [1.54, 1.807) is 0 Å². The van der Waals surface area contributed by atoms with Gasteiger partial charge in [-0.3, -0.25) is 4.79 Å². The third kappa shape index (κ3) is 4.52. The van der Waals surface area contributed by atoms with Crippen molar-refractivity contribution in [2.75, 3.05) is 13.2 Å². The molecule has 2 saturated heterocycles. The third-order valence-electron chi connectivity index (χ3n) is 4.31. The van der Waals surface area contributed by atoms with Crippen molar-refractivity contribution in [1.29, 1.82) is 0 Å². The van der Waals surface area contributed by atoms with E-state index in [-0.39, 0.29) is 0 Å². The molecule has 10 atom stereocenters. The van der Waals surface area contributed by atoms with Gasteiger partial charge in [-0.2, -0.15) is 0 Å². The molecular weight excluding hydrogens is 396 g/mol. The monoisotopic (exact) mass is 418 g/mol. The number of halogens is 1. The highest BCUT2D eigenvalue weighted by Gasteiger charge is 2.58. The van der Waals surface area contributed by atoms with Crippen LogP contribution >= 0.6 is 11.6 Å². The van der Waals surface area contributed by atoms with E-state index in [1.165, 1.54) is 0 Å². The van der Waals surface area contributed by atoms with E-state index in [0.29, 0.717) is 0 Å².